The molecule has 134 valence electrons. The first-order valence-corrected chi connectivity index (χ1v) is 9.15. The first-order chi connectivity index (χ1) is 12.0. The lowest BCUT2D eigenvalue weighted by Gasteiger charge is -2.24. The summed E-state index contributed by atoms with van der Waals surface area (Å²) in [7, 11) is 0. The molecular formula is C21H26ClNO2. The van der Waals surface area contributed by atoms with E-state index in [1.807, 2.05) is 49.4 Å². The van der Waals surface area contributed by atoms with Crippen molar-refractivity contribution in [1.82, 2.24) is 5.32 Å². The van der Waals surface area contributed by atoms with E-state index in [0.29, 0.717) is 23.1 Å². The summed E-state index contributed by atoms with van der Waals surface area (Å²) in [6, 6.07) is 17.2. The number of ether oxygens (including phenoxy) is 1. The van der Waals surface area contributed by atoms with E-state index in [2.05, 4.69) is 19.2 Å². The zero-order chi connectivity index (χ0) is 18.2. The molecule has 2 rings (SSSR count). The van der Waals surface area contributed by atoms with Gasteiger partial charge >= 0.3 is 0 Å². The van der Waals surface area contributed by atoms with Crippen molar-refractivity contribution in [3.63, 3.8) is 0 Å². The van der Waals surface area contributed by atoms with E-state index >= 15 is 0 Å². The largest absolute Gasteiger partial charge is 0.479 e. The standard InChI is InChI=1S/C21H26ClNO2/c1-4-19(25-20-13-9-8-12-17(20)22)21(24)23-18(14-15(2)3)16-10-6-5-7-11-16/h5-13,15,18-19H,4,14H2,1-3H3,(H,23,24)/t18-,19+/m1/s1. The van der Waals surface area contributed by atoms with Crippen LogP contribution >= 0.6 is 11.6 Å². The highest BCUT2D eigenvalue weighted by atomic mass is 35.5. The number of carbonyl (C=O) groups excluding carboxylic acids is 1. The van der Waals surface area contributed by atoms with E-state index < -0.39 is 6.10 Å². The van der Waals surface area contributed by atoms with Crippen LogP contribution in [0.4, 0.5) is 0 Å². The van der Waals surface area contributed by atoms with E-state index in [1.165, 1.54) is 0 Å². The molecule has 0 aliphatic heterocycles. The van der Waals surface area contributed by atoms with Crippen LogP contribution in [-0.4, -0.2) is 12.0 Å². The molecule has 4 heteroatoms. The number of benzene rings is 2. The molecule has 3 nitrogen and oxygen atoms in total. The van der Waals surface area contributed by atoms with Gasteiger partial charge in [0.15, 0.2) is 6.10 Å². The smallest absolute Gasteiger partial charge is 0.261 e. The Labute approximate surface area is 155 Å². The molecule has 0 bridgehead atoms. The maximum absolute atomic E-state index is 12.8. The highest BCUT2D eigenvalue weighted by Gasteiger charge is 2.23. The third-order valence-electron chi connectivity index (χ3n) is 3.99. The average Bonchev–Trinajstić information content (AvgIpc) is 2.60. The predicted octanol–water partition coefficient (Wildman–Crippen LogP) is 5.40. The van der Waals surface area contributed by atoms with Crippen LogP contribution in [0, 0.1) is 5.92 Å². The van der Waals surface area contributed by atoms with Gasteiger partial charge in [-0.15, -0.1) is 0 Å². The molecule has 1 amide bonds. The minimum Gasteiger partial charge on any atom is -0.479 e. The van der Waals surface area contributed by atoms with Crippen LogP contribution in [0.1, 0.15) is 45.2 Å². The Morgan fingerprint density at radius 2 is 1.72 bits per heavy atom. The van der Waals surface area contributed by atoms with Crippen molar-refractivity contribution in [2.24, 2.45) is 5.92 Å². The molecule has 0 radical (unpaired) electrons. The van der Waals surface area contributed by atoms with E-state index in [-0.39, 0.29) is 11.9 Å². The number of hydrogen-bond acceptors (Lipinski definition) is 2. The van der Waals surface area contributed by atoms with Gasteiger partial charge in [0.2, 0.25) is 0 Å². The maximum Gasteiger partial charge on any atom is 0.261 e. The lowest BCUT2D eigenvalue weighted by molar-refractivity contribution is -0.129. The molecule has 0 heterocycles. The Kier molecular flexibility index (Phi) is 7.32. The van der Waals surface area contributed by atoms with E-state index in [9.17, 15) is 4.79 Å². The van der Waals surface area contributed by atoms with Gasteiger partial charge in [-0.1, -0.05) is 74.8 Å². The zero-order valence-corrected chi connectivity index (χ0v) is 15.8. The molecule has 0 fully saturated rings. The summed E-state index contributed by atoms with van der Waals surface area (Å²) in [6.07, 6.45) is 0.872. The van der Waals surface area contributed by atoms with Crippen LogP contribution in [0.25, 0.3) is 0 Å². The quantitative estimate of drug-likeness (QED) is 0.685. The maximum atomic E-state index is 12.8. The minimum atomic E-state index is -0.571. The highest BCUT2D eigenvalue weighted by Crippen LogP contribution is 2.26. The number of hydrogen-bond donors (Lipinski definition) is 1. The molecule has 1 N–H and O–H groups in total. The van der Waals surface area contributed by atoms with Crippen molar-refractivity contribution in [3.8, 4) is 5.75 Å². The van der Waals surface area contributed by atoms with Gasteiger partial charge in [0.1, 0.15) is 5.75 Å². The molecule has 0 aromatic heterocycles. The number of amides is 1. The normalized spacial score (nSPS) is 13.3. The topological polar surface area (TPSA) is 38.3 Å². The summed E-state index contributed by atoms with van der Waals surface area (Å²) in [6.45, 7) is 6.24. The lowest BCUT2D eigenvalue weighted by atomic mass is 9.96. The number of halogens is 1. The zero-order valence-electron chi connectivity index (χ0n) is 15.0. The van der Waals surface area contributed by atoms with Gasteiger partial charge in [0.25, 0.3) is 5.91 Å². The third-order valence-corrected chi connectivity index (χ3v) is 4.31. The fraction of sp³-hybridized carbons (Fsp3) is 0.381. The van der Waals surface area contributed by atoms with E-state index in [0.717, 1.165) is 12.0 Å². The second-order valence-electron chi connectivity index (χ2n) is 6.55. The van der Waals surface area contributed by atoms with Gasteiger partial charge in [-0.3, -0.25) is 4.79 Å². The van der Waals surface area contributed by atoms with Crippen LogP contribution in [0.2, 0.25) is 5.02 Å². The minimum absolute atomic E-state index is 0.0300. The average molecular weight is 360 g/mol. The number of carbonyl (C=O) groups is 1. The van der Waals surface area contributed by atoms with Crippen LogP contribution < -0.4 is 10.1 Å². The molecule has 2 aromatic rings. The Hall–Kier alpha value is -2.00. The molecule has 0 saturated heterocycles. The van der Waals surface area contributed by atoms with Crippen molar-refractivity contribution >= 4 is 17.5 Å². The summed E-state index contributed by atoms with van der Waals surface area (Å²) in [5, 5.41) is 3.66. The Bertz CT molecular complexity index is 673. The van der Waals surface area contributed by atoms with Gasteiger partial charge in [-0.25, -0.2) is 0 Å². The molecule has 2 aromatic carbocycles. The summed E-state index contributed by atoms with van der Waals surface area (Å²) < 4.78 is 5.85. The van der Waals surface area contributed by atoms with Gasteiger partial charge in [0.05, 0.1) is 11.1 Å². The monoisotopic (exact) mass is 359 g/mol. The summed E-state index contributed by atoms with van der Waals surface area (Å²) in [5.74, 6) is 0.887. The molecule has 0 aliphatic carbocycles. The van der Waals surface area contributed by atoms with Crippen molar-refractivity contribution in [1.29, 1.82) is 0 Å². The van der Waals surface area contributed by atoms with Crippen molar-refractivity contribution in [2.75, 3.05) is 0 Å². The first-order valence-electron chi connectivity index (χ1n) is 8.77. The first kappa shape index (κ1) is 19.3. The molecule has 0 aliphatic rings. The molecule has 0 spiro atoms. The van der Waals surface area contributed by atoms with Gasteiger partial charge in [-0.05, 0) is 36.5 Å². The fourth-order valence-corrected chi connectivity index (χ4v) is 2.90. The molecule has 2 atom stereocenters. The number of nitrogens with one attached hydrogen (secondary N) is 1. The van der Waals surface area contributed by atoms with Crippen LogP contribution in [-0.2, 0) is 4.79 Å². The third kappa shape index (κ3) is 5.79. The van der Waals surface area contributed by atoms with Gasteiger partial charge in [0, 0.05) is 0 Å². The van der Waals surface area contributed by atoms with Crippen molar-refractivity contribution in [3.05, 3.63) is 65.2 Å². The van der Waals surface area contributed by atoms with Crippen molar-refractivity contribution in [2.45, 2.75) is 45.8 Å². The molecule has 0 unspecified atom stereocenters. The number of rotatable bonds is 8. The Balaban J connectivity index is 2.11. The summed E-state index contributed by atoms with van der Waals surface area (Å²) in [5.41, 5.74) is 1.11. The number of para-hydroxylation sites is 1. The van der Waals surface area contributed by atoms with E-state index in [1.54, 1.807) is 12.1 Å². The van der Waals surface area contributed by atoms with Gasteiger partial charge < -0.3 is 10.1 Å². The fourth-order valence-electron chi connectivity index (χ4n) is 2.72. The van der Waals surface area contributed by atoms with Crippen molar-refractivity contribution < 1.29 is 9.53 Å². The SMILES string of the molecule is CC[C@H](Oc1ccccc1Cl)C(=O)N[C@H](CC(C)C)c1ccccc1. The molecule has 25 heavy (non-hydrogen) atoms. The summed E-state index contributed by atoms with van der Waals surface area (Å²) >= 11 is 6.14. The predicted molar refractivity (Wildman–Crippen MR) is 103 cm³/mol. The lowest BCUT2D eigenvalue weighted by Crippen LogP contribution is -2.40. The molecular weight excluding hydrogens is 334 g/mol. The van der Waals surface area contributed by atoms with E-state index in [4.69, 9.17) is 16.3 Å². The summed E-state index contributed by atoms with van der Waals surface area (Å²) in [4.78, 5) is 12.8. The Morgan fingerprint density at radius 3 is 2.32 bits per heavy atom. The van der Waals surface area contributed by atoms with Crippen LogP contribution in [0.15, 0.2) is 54.6 Å². The Morgan fingerprint density at radius 1 is 1.08 bits per heavy atom. The second-order valence-corrected chi connectivity index (χ2v) is 6.95. The van der Waals surface area contributed by atoms with Gasteiger partial charge in [-0.2, -0.15) is 0 Å². The highest BCUT2D eigenvalue weighted by molar-refractivity contribution is 6.32. The second kappa shape index (κ2) is 9.47. The molecule has 0 saturated carbocycles. The van der Waals surface area contributed by atoms with Crippen LogP contribution in [0.3, 0.4) is 0 Å². The van der Waals surface area contributed by atoms with Crippen LogP contribution in [0.5, 0.6) is 5.75 Å².